The van der Waals surface area contributed by atoms with Gasteiger partial charge < -0.3 is 15.4 Å². The molecule has 5 heteroatoms. The first kappa shape index (κ1) is 13.4. The molecule has 2 N–H and O–H groups in total. The van der Waals surface area contributed by atoms with E-state index in [1.807, 2.05) is 26.0 Å². The molecule has 0 fully saturated rings. The van der Waals surface area contributed by atoms with Crippen molar-refractivity contribution in [2.75, 3.05) is 5.32 Å². The Morgan fingerprint density at radius 3 is 2.95 bits per heavy atom. The van der Waals surface area contributed by atoms with Gasteiger partial charge in [-0.05, 0) is 25.5 Å². The molecule has 0 aromatic heterocycles. The molecule has 2 atom stereocenters. The lowest BCUT2D eigenvalue weighted by molar-refractivity contribution is -0.130. The van der Waals surface area contributed by atoms with Gasteiger partial charge in [0.05, 0.1) is 12.1 Å². The van der Waals surface area contributed by atoms with E-state index in [-0.39, 0.29) is 24.3 Å². The summed E-state index contributed by atoms with van der Waals surface area (Å²) in [7, 11) is 0. The molecular weight excluding hydrogens is 244 g/mol. The Balaban J connectivity index is 1.99. The van der Waals surface area contributed by atoms with Crippen LogP contribution in [0.25, 0.3) is 0 Å². The van der Waals surface area contributed by atoms with E-state index in [9.17, 15) is 9.59 Å². The first-order chi connectivity index (χ1) is 9.10. The maximum Gasteiger partial charge on any atom is 0.266 e. The summed E-state index contributed by atoms with van der Waals surface area (Å²) in [6.45, 7) is 3.92. The fourth-order valence-electron chi connectivity index (χ4n) is 1.83. The Bertz CT molecular complexity index is 487. The molecule has 0 spiro atoms. The van der Waals surface area contributed by atoms with Crippen molar-refractivity contribution < 1.29 is 14.3 Å². The van der Waals surface area contributed by atoms with E-state index in [0.29, 0.717) is 11.4 Å². The molecule has 0 bridgehead atoms. The number of amides is 2. The van der Waals surface area contributed by atoms with Crippen LogP contribution < -0.4 is 15.4 Å². The molecular formula is C14H18N2O3. The summed E-state index contributed by atoms with van der Waals surface area (Å²) in [5.74, 6) is 0.148. The first-order valence-electron chi connectivity index (χ1n) is 6.46. The number of ether oxygens (including phenoxy) is 1. The van der Waals surface area contributed by atoms with Crippen LogP contribution in [0, 0.1) is 0 Å². The zero-order valence-electron chi connectivity index (χ0n) is 11.1. The SMILES string of the molecule is CC[C@@H](C)NC(=O)C[C@@H]1Oc2ccccc2NC1=O. The summed E-state index contributed by atoms with van der Waals surface area (Å²) in [4.78, 5) is 23.6. The fourth-order valence-corrected chi connectivity index (χ4v) is 1.83. The van der Waals surface area contributed by atoms with E-state index < -0.39 is 6.10 Å². The smallest absolute Gasteiger partial charge is 0.266 e. The molecule has 2 amide bonds. The second kappa shape index (κ2) is 5.73. The van der Waals surface area contributed by atoms with Crippen molar-refractivity contribution in [1.82, 2.24) is 5.32 Å². The Hall–Kier alpha value is -2.04. The maximum absolute atomic E-state index is 11.8. The number of carbonyl (C=O) groups excluding carboxylic acids is 2. The molecule has 0 saturated carbocycles. The Labute approximate surface area is 112 Å². The molecule has 1 aromatic carbocycles. The monoisotopic (exact) mass is 262 g/mol. The molecule has 1 aromatic rings. The summed E-state index contributed by atoms with van der Waals surface area (Å²) < 4.78 is 5.56. The Kier molecular flexibility index (Phi) is 4.04. The number of fused-ring (bicyclic) bond motifs is 1. The summed E-state index contributed by atoms with van der Waals surface area (Å²) in [6.07, 6.45) is 0.121. The molecule has 0 aliphatic carbocycles. The minimum atomic E-state index is -0.765. The van der Waals surface area contributed by atoms with Crippen LogP contribution in [-0.2, 0) is 9.59 Å². The predicted octanol–water partition coefficient (Wildman–Crippen LogP) is 1.69. The van der Waals surface area contributed by atoms with Crippen molar-refractivity contribution in [2.24, 2.45) is 0 Å². The number of hydrogen-bond acceptors (Lipinski definition) is 3. The molecule has 1 aliphatic heterocycles. The molecule has 1 aliphatic rings. The molecule has 2 rings (SSSR count). The van der Waals surface area contributed by atoms with Crippen molar-refractivity contribution in [3.63, 3.8) is 0 Å². The lowest BCUT2D eigenvalue weighted by Gasteiger charge is -2.25. The maximum atomic E-state index is 11.8. The summed E-state index contributed by atoms with van der Waals surface area (Å²) in [5.41, 5.74) is 0.645. The zero-order valence-corrected chi connectivity index (χ0v) is 11.1. The predicted molar refractivity (Wildman–Crippen MR) is 72.0 cm³/mol. The van der Waals surface area contributed by atoms with Crippen molar-refractivity contribution >= 4 is 17.5 Å². The van der Waals surface area contributed by atoms with Crippen molar-refractivity contribution in [1.29, 1.82) is 0 Å². The van der Waals surface area contributed by atoms with Crippen molar-refractivity contribution in [2.45, 2.75) is 38.8 Å². The van der Waals surface area contributed by atoms with Crippen LogP contribution in [0.4, 0.5) is 5.69 Å². The van der Waals surface area contributed by atoms with Gasteiger partial charge in [-0.25, -0.2) is 0 Å². The van der Waals surface area contributed by atoms with Gasteiger partial charge in [0, 0.05) is 6.04 Å². The molecule has 1 heterocycles. The van der Waals surface area contributed by atoms with Crippen LogP contribution in [0.2, 0.25) is 0 Å². The Morgan fingerprint density at radius 2 is 2.21 bits per heavy atom. The number of benzene rings is 1. The van der Waals surface area contributed by atoms with Gasteiger partial charge in [-0.15, -0.1) is 0 Å². The van der Waals surface area contributed by atoms with E-state index in [4.69, 9.17) is 4.74 Å². The van der Waals surface area contributed by atoms with Gasteiger partial charge >= 0.3 is 0 Å². The Morgan fingerprint density at radius 1 is 1.47 bits per heavy atom. The molecule has 5 nitrogen and oxygen atoms in total. The van der Waals surface area contributed by atoms with E-state index in [1.165, 1.54) is 0 Å². The topological polar surface area (TPSA) is 67.4 Å². The van der Waals surface area contributed by atoms with Gasteiger partial charge in [-0.3, -0.25) is 9.59 Å². The summed E-state index contributed by atoms with van der Waals surface area (Å²) in [6, 6.07) is 7.29. The van der Waals surface area contributed by atoms with Crippen LogP contribution in [0.1, 0.15) is 26.7 Å². The summed E-state index contributed by atoms with van der Waals surface area (Å²) in [5, 5.41) is 5.56. The second-order valence-corrected chi connectivity index (χ2v) is 4.67. The lowest BCUT2D eigenvalue weighted by Crippen LogP contribution is -2.42. The number of para-hydroxylation sites is 2. The van der Waals surface area contributed by atoms with Gasteiger partial charge in [-0.2, -0.15) is 0 Å². The van der Waals surface area contributed by atoms with Crippen LogP contribution in [-0.4, -0.2) is 24.0 Å². The van der Waals surface area contributed by atoms with Gasteiger partial charge in [0.15, 0.2) is 6.10 Å². The highest BCUT2D eigenvalue weighted by Gasteiger charge is 2.29. The van der Waals surface area contributed by atoms with E-state index in [1.54, 1.807) is 12.1 Å². The third kappa shape index (κ3) is 3.24. The molecule has 19 heavy (non-hydrogen) atoms. The zero-order chi connectivity index (χ0) is 13.8. The van der Waals surface area contributed by atoms with Crippen LogP contribution in [0.3, 0.4) is 0 Å². The van der Waals surface area contributed by atoms with Gasteiger partial charge in [0.1, 0.15) is 5.75 Å². The van der Waals surface area contributed by atoms with Crippen molar-refractivity contribution in [3.05, 3.63) is 24.3 Å². The third-order valence-corrected chi connectivity index (χ3v) is 3.10. The highest BCUT2D eigenvalue weighted by molar-refractivity contribution is 5.99. The van der Waals surface area contributed by atoms with E-state index in [2.05, 4.69) is 10.6 Å². The van der Waals surface area contributed by atoms with Crippen LogP contribution in [0.15, 0.2) is 24.3 Å². The quantitative estimate of drug-likeness (QED) is 0.867. The summed E-state index contributed by atoms with van der Waals surface area (Å²) >= 11 is 0. The minimum absolute atomic E-state index is 0.0322. The van der Waals surface area contributed by atoms with Crippen LogP contribution >= 0.6 is 0 Å². The molecule has 0 radical (unpaired) electrons. The highest BCUT2D eigenvalue weighted by Crippen LogP contribution is 2.29. The minimum Gasteiger partial charge on any atom is -0.478 e. The van der Waals surface area contributed by atoms with E-state index in [0.717, 1.165) is 6.42 Å². The van der Waals surface area contributed by atoms with Gasteiger partial charge in [-0.1, -0.05) is 19.1 Å². The standard InChI is InChI=1S/C14H18N2O3/c1-3-9(2)15-13(17)8-12-14(18)16-10-6-4-5-7-11(10)19-12/h4-7,9,12H,3,8H2,1-2H3,(H,15,17)(H,16,18)/t9-,12+/m1/s1. The third-order valence-electron chi connectivity index (χ3n) is 3.10. The van der Waals surface area contributed by atoms with Gasteiger partial charge in [0.2, 0.25) is 5.91 Å². The number of anilines is 1. The van der Waals surface area contributed by atoms with E-state index >= 15 is 0 Å². The van der Waals surface area contributed by atoms with Crippen molar-refractivity contribution in [3.8, 4) is 5.75 Å². The lowest BCUT2D eigenvalue weighted by atomic mass is 10.1. The van der Waals surface area contributed by atoms with Crippen LogP contribution in [0.5, 0.6) is 5.75 Å². The molecule has 0 unspecified atom stereocenters. The molecule has 102 valence electrons. The average Bonchev–Trinajstić information content (AvgIpc) is 2.39. The second-order valence-electron chi connectivity index (χ2n) is 4.67. The largest absolute Gasteiger partial charge is 0.478 e. The average molecular weight is 262 g/mol. The normalized spacial score (nSPS) is 18.8. The number of hydrogen-bond donors (Lipinski definition) is 2. The van der Waals surface area contributed by atoms with Gasteiger partial charge in [0.25, 0.3) is 5.91 Å². The number of carbonyl (C=O) groups is 2. The first-order valence-corrected chi connectivity index (χ1v) is 6.46. The number of rotatable bonds is 4. The molecule has 0 saturated heterocycles. The fraction of sp³-hybridized carbons (Fsp3) is 0.429. The number of nitrogens with one attached hydrogen (secondary N) is 2. The highest BCUT2D eigenvalue weighted by atomic mass is 16.5.